The maximum absolute atomic E-state index is 12.1. The molecule has 0 aliphatic carbocycles. The number of anilines is 1. The summed E-state index contributed by atoms with van der Waals surface area (Å²) in [5.41, 5.74) is -0.910. The highest BCUT2D eigenvalue weighted by molar-refractivity contribution is 5.96. The lowest BCUT2D eigenvalue weighted by Gasteiger charge is -2.23. The van der Waals surface area contributed by atoms with Gasteiger partial charge in [-0.2, -0.15) is 4.98 Å². The van der Waals surface area contributed by atoms with E-state index in [1.54, 1.807) is 11.7 Å². The molecule has 1 aliphatic heterocycles. The summed E-state index contributed by atoms with van der Waals surface area (Å²) in [5.74, 6) is 0.760. The van der Waals surface area contributed by atoms with E-state index < -0.39 is 5.60 Å². The number of methoxy groups -OCH3 is 1. The molecule has 0 bridgehead atoms. The number of aryl methyl sites for hydroxylation is 2. The van der Waals surface area contributed by atoms with Crippen molar-refractivity contribution in [2.75, 3.05) is 25.6 Å². The topological polar surface area (TPSA) is 78.3 Å². The molecule has 7 nitrogen and oxygen atoms in total. The monoisotopic (exact) mass is 240 g/mol. The fraction of sp³-hybridized carbons (Fsp3) is 0.700. The van der Waals surface area contributed by atoms with E-state index >= 15 is 0 Å². The van der Waals surface area contributed by atoms with Crippen LogP contribution in [0.1, 0.15) is 12.2 Å². The van der Waals surface area contributed by atoms with Crippen LogP contribution in [0.25, 0.3) is 0 Å². The van der Waals surface area contributed by atoms with Crippen molar-refractivity contribution in [3.8, 4) is 0 Å². The van der Waals surface area contributed by atoms with Crippen LogP contribution in [0.3, 0.4) is 0 Å². The molecule has 1 amide bonds. The van der Waals surface area contributed by atoms with Gasteiger partial charge in [0.2, 0.25) is 5.95 Å². The largest absolute Gasteiger partial charge is 0.378 e. The lowest BCUT2D eigenvalue weighted by Crippen LogP contribution is -2.45. The van der Waals surface area contributed by atoms with E-state index in [1.807, 2.05) is 6.92 Å². The highest BCUT2D eigenvalue weighted by atomic mass is 16.6. The minimum absolute atomic E-state index is 0.261. The van der Waals surface area contributed by atoms with Gasteiger partial charge in [0.25, 0.3) is 5.91 Å². The second kappa shape index (κ2) is 4.42. The summed E-state index contributed by atoms with van der Waals surface area (Å²) >= 11 is 0. The number of carbonyl (C=O) groups is 1. The zero-order valence-corrected chi connectivity index (χ0v) is 10.2. The average Bonchev–Trinajstić information content (AvgIpc) is 2.88. The van der Waals surface area contributed by atoms with E-state index in [0.717, 1.165) is 5.82 Å². The van der Waals surface area contributed by atoms with Crippen molar-refractivity contribution in [2.24, 2.45) is 7.05 Å². The average molecular weight is 240 g/mol. The number of aromatic nitrogens is 3. The molecule has 1 atom stereocenters. The molecule has 1 N–H and O–H groups in total. The predicted molar refractivity (Wildman–Crippen MR) is 59.5 cm³/mol. The number of nitrogens with one attached hydrogen (secondary N) is 1. The molecule has 1 aromatic heterocycles. The lowest BCUT2D eigenvalue weighted by atomic mass is 10.0. The maximum atomic E-state index is 12.1. The summed E-state index contributed by atoms with van der Waals surface area (Å²) in [4.78, 5) is 16.2. The number of ether oxygens (including phenoxy) is 2. The van der Waals surface area contributed by atoms with Gasteiger partial charge in [-0.05, 0) is 6.92 Å². The number of hydrogen-bond acceptors (Lipinski definition) is 5. The van der Waals surface area contributed by atoms with Gasteiger partial charge in [-0.25, -0.2) is 0 Å². The minimum Gasteiger partial charge on any atom is -0.378 e. The Labute approximate surface area is 99.1 Å². The van der Waals surface area contributed by atoms with Gasteiger partial charge in [-0.3, -0.25) is 14.8 Å². The molecule has 17 heavy (non-hydrogen) atoms. The maximum Gasteiger partial charge on any atom is 0.261 e. The van der Waals surface area contributed by atoms with Crippen molar-refractivity contribution in [2.45, 2.75) is 18.9 Å². The zero-order chi connectivity index (χ0) is 12.5. The van der Waals surface area contributed by atoms with Crippen LogP contribution in [0.4, 0.5) is 5.95 Å². The molecule has 1 aromatic rings. The van der Waals surface area contributed by atoms with Gasteiger partial charge in [-0.15, -0.1) is 5.10 Å². The number of hydrogen-bond donors (Lipinski definition) is 1. The summed E-state index contributed by atoms with van der Waals surface area (Å²) in [6.07, 6.45) is 0.543. The van der Waals surface area contributed by atoms with Gasteiger partial charge in [0.05, 0.1) is 13.2 Å². The Morgan fingerprint density at radius 3 is 2.88 bits per heavy atom. The summed E-state index contributed by atoms with van der Waals surface area (Å²) < 4.78 is 12.1. The third kappa shape index (κ3) is 2.16. The molecule has 0 saturated carbocycles. The van der Waals surface area contributed by atoms with Gasteiger partial charge >= 0.3 is 0 Å². The number of nitrogens with zero attached hydrogens (tertiary/aromatic N) is 3. The Hall–Kier alpha value is -1.47. The zero-order valence-electron chi connectivity index (χ0n) is 10.2. The first kappa shape index (κ1) is 12.0. The van der Waals surface area contributed by atoms with Crippen LogP contribution in [0, 0.1) is 6.92 Å². The molecule has 1 aliphatic rings. The van der Waals surface area contributed by atoms with Crippen LogP contribution in [-0.2, 0) is 21.3 Å². The summed E-state index contributed by atoms with van der Waals surface area (Å²) in [5, 5.41) is 6.71. The molecular weight excluding hydrogens is 224 g/mol. The van der Waals surface area contributed by atoms with Crippen molar-refractivity contribution in [3.63, 3.8) is 0 Å². The SMILES string of the molecule is COC1(C(=O)Nc2nc(C)n(C)n2)CCOC1. The number of amides is 1. The van der Waals surface area contributed by atoms with Crippen LogP contribution in [0.15, 0.2) is 0 Å². The van der Waals surface area contributed by atoms with Crippen LogP contribution in [0.5, 0.6) is 0 Å². The molecule has 1 fully saturated rings. The Morgan fingerprint density at radius 1 is 1.65 bits per heavy atom. The van der Waals surface area contributed by atoms with E-state index in [2.05, 4.69) is 15.4 Å². The van der Waals surface area contributed by atoms with E-state index in [9.17, 15) is 4.79 Å². The molecule has 1 unspecified atom stereocenters. The summed E-state index contributed by atoms with van der Waals surface area (Å²) in [6, 6.07) is 0. The molecule has 0 spiro atoms. The van der Waals surface area contributed by atoms with Crippen LogP contribution in [0.2, 0.25) is 0 Å². The van der Waals surface area contributed by atoms with E-state index in [1.165, 1.54) is 7.11 Å². The number of carbonyl (C=O) groups excluding carboxylic acids is 1. The molecule has 2 heterocycles. The first-order chi connectivity index (χ1) is 8.07. The van der Waals surface area contributed by atoms with E-state index in [-0.39, 0.29) is 12.5 Å². The smallest absolute Gasteiger partial charge is 0.261 e. The van der Waals surface area contributed by atoms with Crippen LogP contribution >= 0.6 is 0 Å². The van der Waals surface area contributed by atoms with Gasteiger partial charge < -0.3 is 9.47 Å². The first-order valence-electron chi connectivity index (χ1n) is 5.39. The van der Waals surface area contributed by atoms with E-state index in [0.29, 0.717) is 19.0 Å². The molecule has 2 rings (SSSR count). The molecular formula is C10H16N4O3. The predicted octanol–water partition coefficient (Wildman–Crippen LogP) is -0.132. The van der Waals surface area contributed by atoms with Gasteiger partial charge in [0.1, 0.15) is 5.82 Å². The highest BCUT2D eigenvalue weighted by Crippen LogP contribution is 2.23. The van der Waals surface area contributed by atoms with E-state index in [4.69, 9.17) is 9.47 Å². The van der Waals surface area contributed by atoms with Crippen molar-refractivity contribution in [1.82, 2.24) is 14.8 Å². The van der Waals surface area contributed by atoms with Gasteiger partial charge in [-0.1, -0.05) is 0 Å². The fourth-order valence-electron chi connectivity index (χ4n) is 1.71. The summed E-state index contributed by atoms with van der Waals surface area (Å²) in [6.45, 7) is 2.60. The third-order valence-corrected chi connectivity index (χ3v) is 3.00. The summed E-state index contributed by atoms with van der Waals surface area (Å²) in [7, 11) is 3.27. The lowest BCUT2D eigenvalue weighted by molar-refractivity contribution is -0.137. The minimum atomic E-state index is -0.910. The quantitative estimate of drug-likeness (QED) is 0.796. The second-order valence-corrected chi connectivity index (χ2v) is 4.06. The van der Waals surface area contributed by atoms with Crippen molar-refractivity contribution in [3.05, 3.63) is 5.82 Å². The molecule has 0 radical (unpaired) electrons. The van der Waals surface area contributed by atoms with Crippen LogP contribution < -0.4 is 5.32 Å². The van der Waals surface area contributed by atoms with Gasteiger partial charge in [0.15, 0.2) is 5.60 Å². The normalized spacial score (nSPS) is 23.9. The molecule has 0 aromatic carbocycles. The first-order valence-corrected chi connectivity index (χ1v) is 5.39. The highest BCUT2D eigenvalue weighted by Gasteiger charge is 2.43. The molecule has 94 valence electrons. The molecule has 1 saturated heterocycles. The van der Waals surface area contributed by atoms with Crippen molar-refractivity contribution in [1.29, 1.82) is 0 Å². The number of rotatable bonds is 3. The Balaban J connectivity index is 2.10. The Morgan fingerprint density at radius 2 is 2.41 bits per heavy atom. The van der Waals surface area contributed by atoms with Crippen molar-refractivity contribution >= 4 is 11.9 Å². The Bertz CT molecular complexity index is 404. The van der Waals surface area contributed by atoms with Crippen molar-refractivity contribution < 1.29 is 14.3 Å². The third-order valence-electron chi connectivity index (χ3n) is 3.00. The van der Waals surface area contributed by atoms with Gasteiger partial charge in [0, 0.05) is 20.6 Å². The fourth-order valence-corrected chi connectivity index (χ4v) is 1.71. The second-order valence-electron chi connectivity index (χ2n) is 4.06. The molecule has 7 heteroatoms. The standard InChI is InChI=1S/C10H16N4O3/c1-7-11-9(13-14(7)2)12-8(15)10(16-3)4-5-17-6-10/h4-6H2,1-3H3,(H,12,13,15). The Kier molecular flexibility index (Phi) is 3.12. The van der Waals surface area contributed by atoms with Crippen LogP contribution in [-0.4, -0.2) is 46.6 Å².